The molecule has 8 heteroatoms. The van der Waals surface area contributed by atoms with E-state index in [4.69, 9.17) is 9.47 Å². The van der Waals surface area contributed by atoms with Gasteiger partial charge < -0.3 is 14.5 Å². The van der Waals surface area contributed by atoms with Gasteiger partial charge in [0.1, 0.15) is 22.8 Å². The normalized spacial score (nSPS) is 11.4. The van der Waals surface area contributed by atoms with Crippen molar-refractivity contribution in [3.8, 4) is 11.5 Å². The number of imidazole rings is 1. The lowest BCUT2D eigenvalue weighted by Crippen LogP contribution is -2.36. The summed E-state index contributed by atoms with van der Waals surface area (Å²) in [4.78, 5) is 31.4. The molecule has 0 spiro atoms. The number of hydrogen-bond acceptors (Lipinski definition) is 5. The van der Waals surface area contributed by atoms with Gasteiger partial charge >= 0.3 is 5.69 Å². The Morgan fingerprint density at radius 3 is 2.24 bits per heavy atom. The maximum Gasteiger partial charge on any atom is 0.332 e. The number of methoxy groups -OCH3 is 2. The van der Waals surface area contributed by atoms with Gasteiger partial charge in [0.25, 0.3) is 5.56 Å². The quantitative estimate of drug-likeness (QED) is 0.768. The van der Waals surface area contributed by atoms with Crippen molar-refractivity contribution >= 4 is 23.3 Å². The molecule has 0 saturated heterocycles. The third-order valence-electron chi connectivity index (χ3n) is 3.92. The van der Waals surface area contributed by atoms with Crippen molar-refractivity contribution in [3.63, 3.8) is 0 Å². The molecule has 0 unspecified atom stereocenters. The van der Waals surface area contributed by atoms with Crippen molar-refractivity contribution < 1.29 is 9.47 Å². The van der Waals surface area contributed by atoms with Crippen LogP contribution in [0.2, 0.25) is 0 Å². The van der Waals surface area contributed by atoms with E-state index < -0.39 is 11.2 Å². The molecule has 130 valence electrons. The molecule has 8 nitrogen and oxygen atoms in total. The molecular formula is C17H18N4O4. The molecule has 0 aliphatic rings. The van der Waals surface area contributed by atoms with E-state index in [1.165, 1.54) is 11.6 Å². The topological polar surface area (TPSA) is 91.1 Å². The second-order valence-corrected chi connectivity index (χ2v) is 5.51. The third-order valence-corrected chi connectivity index (χ3v) is 3.92. The van der Waals surface area contributed by atoms with E-state index >= 15 is 0 Å². The highest BCUT2D eigenvalue weighted by Crippen LogP contribution is 2.23. The Kier molecular flexibility index (Phi) is 4.18. The predicted octanol–water partition coefficient (Wildman–Crippen LogP) is 1.15. The molecule has 0 aliphatic carbocycles. The summed E-state index contributed by atoms with van der Waals surface area (Å²) in [5.74, 6) is 1.80. The van der Waals surface area contributed by atoms with Crippen LogP contribution in [0.5, 0.6) is 11.5 Å². The highest BCUT2D eigenvalue weighted by molar-refractivity contribution is 5.75. The van der Waals surface area contributed by atoms with Gasteiger partial charge in [-0.1, -0.05) is 6.08 Å². The zero-order chi connectivity index (χ0) is 18.1. The lowest BCUT2D eigenvalue weighted by atomic mass is 10.2. The van der Waals surface area contributed by atoms with Gasteiger partial charge in [-0.25, -0.2) is 9.78 Å². The van der Waals surface area contributed by atoms with E-state index in [-0.39, 0.29) is 5.52 Å². The first-order valence-electron chi connectivity index (χ1n) is 7.51. The average Bonchev–Trinajstić information content (AvgIpc) is 3.07. The molecule has 3 aromatic rings. The van der Waals surface area contributed by atoms with E-state index in [2.05, 4.69) is 9.97 Å². The number of ether oxygens (including phenoxy) is 2. The number of H-pyrrole nitrogens is 1. The van der Waals surface area contributed by atoms with Crippen LogP contribution >= 0.6 is 0 Å². The van der Waals surface area contributed by atoms with Crippen LogP contribution in [0.3, 0.4) is 0 Å². The molecule has 0 saturated carbocycles. The average molecular weight is 342 g/mol. The Bertz CT molecular complexity index is 1070. The lowest BCUT2D eigenvalue weighted by molar-refractivity contribution is 0.394. The molecule has 2 aromatic heterocycles. The van der Waals surface area contributed by atoms with Crippen LogP contribution in [0, 0.1) is 0 Å². The summed E-state index contributed by atoms with van der Waals surface area (Å²) < 4.78 is 12.8. The fourth-order valence-corrected chi connectivity index (χ4v) is 2.52. The number of aryl methyl sites for hydroxylation is 1. The van der Waals surface area contributed by atoms with E-state index in [0.717, 1.165) is 10.1 Å². The van der Waals surface area contributed by atoms with Crippen molar-refractivity contribution in [1.29, 1.82) is 0 Å². The SMILES string of the molecule is COc1cc(C=Cc2nc3c([nH]2)c(=O)n(C)c(=O)n3C)cc(OC)c1. The van der Waals surface area contributed by atoms with E-state index in [0.29, 0.717) is 23.0 Å². The number of aromatic amines is 1. The van der Waals surface area contributed by atoms with Crippen LogP contribution in [0.1, 0.15) is 11.4 Å². The molecule has 0 atom stereocenters. The molecule has 0 bridgehead atoms. The highest BCUT2D eigenvalue weighted by atomic mass is 16.5. The fraction of sp³-hybridized carbons (Fsp3) is 0.235. The number of nitrogens with one attached hydrogen (secondary N) is 1. The summed E-state index contributed by atoms with van der Waals surface area (Å²) in [6, 6.07) is 5.46. The molecule has 2 heterocycles. The zero-order valence-electron chi connectivity index (χ0n) is 14.4. The molecule has 1 aromatic carbocycles. The zero-order valence-corrected chi connectivity index (χ0v) is 14.4. The molecule has 0 fully saturated rings. The molecule has 0 aliphatic heterocycles. The minimum atomic E-state index is -0.419. The van der Waals surface area contributed by atoms with E-state index in [1.807, 2.05) is 18.2 Å². The third kappa shape index (κ3) is 2.93. The largest absolute Gasteiger partial charge is 0.497 e. The second-order valence-electron chi connectivity index (χ2n) is 5.51. The van der Waals surface area contributed by atoms with Gasteiger partial charge in [-0.05, 0) is 23.8 Å². The Morgan fingerprint density at radius 2 is 1.64 bits per heavy atom. The summed E-state index contributed by atoms with van der Waals surface area (Å²) in [6.07, 6.45) is 3.53. The van der Waals surface area contributed by atoms with Crippen molar-refractivity contribution in [2.75, 3.05) is 14.2 Å². The Morgan fingerprint density at radius 1 is 1.00 bits per heavy atom. The number of aromatic nitrogens is 4. The molecule has 3 rings (SSSR count). The fourth-order valence-electron chi connectivity index (χ4n) is 2.52. The first kappa shape index (κ1) is 16.6. The van der Waals surface area contributed by atoms with Gasteiger partial charge in [0.2, 0.25) is 0 Å². The Balaban J connectivity index is 2.06. The van der Waals surface area contributed by atoms with Crippen molar-refractivity contribution in [3.05, 3.63) is 50.4 Å². The highest BCUT2D eigenvalue weighted by Gasteiger charge is 2.12. The molecule has 25 heavy (non-hydrogen) atoms. The number of fused-ring (bicyclic) bond motifs is 1. The number of hydrogen-bond donors (Lipinski definition) is 1. The molecular weight excluding hydrogens is 324 g/mol. The van der Waals surface area contributed by atoms with Gasteiger partial charge in [0, 0.05) is 20.2 Å². The van der Waals surface area contributed by atoms with Gasteiger partial charge in [-0.2, -0.15) is 0 Å². The molecule has 0 radical (unpaired) electrons. The Labute approximate surface area is 143 Å². The first-order valence-corrected chi connectivity index (χ1v) is 7.51. The number of rotatable bonds is 4. The van der Waals surface area contributed by atoms with Gasteiger partial charge in [-0.3, -0.25) is 13.9 Å². The summed E-state index contributed by atoms with van der Waals surface area (Å²) in [7, 11) is 6.17. The van der Waals surface area contributed by atoms with Crippen molar-refractivity contribution in [2.24, 2.45) is 14.1 Å². The summed E-state index contributed by atoms with van der Waals surface area (Å²) in [5.41, 5.74) is 0.618. The van der Waals surface area contributed by atoms with Crippen LogP contribution in [0.25, 0.3) is 23.3 Å². The minimum Gasteiger partial charge on any atom is -0.497 e. The van der Waals surface area contributed by atoms with Crippen LogP contribution < -0.4 is 20.7 Å². The van der Waals surface area contributed by atoms with Crippen LogP contribution in [0.15, 0.2) is 27.8 Å². The van der Waals surface area contributed by atoms with Gasteiger partial charge in [0.15, 0.2) is 5.65 Å². The number of benzene rings is 1. The van der Waals surface area contributed by atoms with Crippen LogP contribution in [-0.2, 0) is 14.1 Å². The molecule has 1 N–H and O–H groups in total. The maximum atomic E-state index is 12.2. The summed E-state index contributed by atoms with van der Waals surface area (Å²) >= 11 is 0. The monoisotopic (exact) mass is 342 g/mol. The second kappa shape index (κ2) is 6.31. The van der Waals surface area contributed by atoms with Crippen LogP contribution in [0.4, 0.5) is 0 Å². The van der Waals surface area contributed by atoms with Crippen molar-refractivity contribution in [1.82, 2.24) is 19.1 Å². The number of nitrogens with zero attached hydrogens (tertiary/aromatic N) is 3. The van der Waals surface area contributed by atoms with Crippen LogP contribution in [-0.4, -0.2) is 33.3 Å². The standard InChI is InChI=1S/C17H18N4O4/c1-20-15-14(16(22)21(2)17(20)23)18-13(19-15)6-5-10-7-11(24-3)9-12(8-10)25-4/h5-9H,1-4H3,(H,18,19). The van der Waals surface area contributed by atoms with E-state index in [1.54, 1.807) is 33.4 Å². The van der Waals surface area contributed by atoms with Gasteiger partial charge in [0.05, 0.1) is 14.2 Å². The first-order chi connectivity index (χ1) is 11.9. The predicted molar refractivity (Wildman–Crippen MR) is 95.0 cm³/mol. The van der Waals surface area contributed by atoms with Gasteiger partial charge in [-0.15, -0.1) is 0 Å². The van der Waals surface area contributed by atoms with Crippen molar-refractivity contribution in [2.45, 2.75) is 0 Å². The van der Waals surface area contributed by atoms with E-state index in [9.17, 15) is 9.59 Å². The minimum absolute atomic E-state index is 0.285. The smallest absolute Gasteiger partial charge is 0.332 e. The molecule has 0 amide bonds. The summed E-state index contributed by atoms with van der Waals surface area (Å²) in [5, 5.41) is 0. The lowest BCUT2D eigenvalue weighted by Gasteiger charge is -2.05. The Hall–Kier alpha value is -3.29. The maximum absolute atomic E-state index is 12.2. The summed E-state index contributed by atoms with van der Waals surface area (Å²) in [6.45, 7) is 0.